The Balaban J connectivity index is 5.31. The Labute approximate surface area is 124 Å². The molecule has 1 atom stereocenters. The van der Waals surface area contributed by atoms with Gasteiger partial charge in [-0.2, -0.15) is 0 Å². The molecule has 0 spiro atoms. The van der Waals surface area contributed by atoms with Crippen molar-refractivity contribution in [3.8, 4) is 0 Å². The molecular weight excluding hydrogens is 296 g/mol. The molecule has 118 valence electrons. The van der Waals surface area contributed by atoms with Crippen LogP contribution in [0.3, 0.4) is 0 Å². The number of allylic oxidation sites excluding steroid dienone is 1. The highest BCUT2D eigenvalue weighted by atomic mass is 28.4. The van der Waals surface area contributed by atoms with Crippen LogP contribution < -0.4 is 0 Å². The quantitative estimate of drug-likeness (QED) is 0.379. The monoisotopic (exact) mass is 316 g/mol. The molecule has 7 nitrogen and oxygen atoms in total. The number of carbonyl (C=O) groups is 4. The van der Waals surface area contributed by atoms with E-state index in [1.807, 2.05) is 0 Å². The summed E-state index contributed by atoms with van der Waals surface area (Å²) in [5.41, 5.74) is 0. The number of hydrogen-bond acceptors (Lipinski definition) is 7. The second kappa shape index (κ2) is 8.35. The normalized spacial score (nSPS) is 12.0. The molecule has 0 heterocycles. The molecule has 0 bridgehead atoms. The fraction of sp³-hybridized carbons (Fsp3) is 0.538. The van der Waals surface area contributed by atoms with Gasteiger partial charge in [0.25, 0.3) is 11.9 Å². The first kappa shape index (κ1) is 19.0. The van der Waals surface area contributed by atoms with Gasteiger partial charge in [-0.1, -0.05) is 13.5 Å². The number of ketones is 1. The van der Waals surface area contributed by atoms with E-state index in [0.717, 1.165) is 19.9 Å². The van der Waals surface area contributed by atoms with E-state index < -0.39 is 38.4 Å². The van der Waals surface area contributed by atoms with Crippen molar-refractivity contribution in [3.63, 3.8) is 0 Å². The lowest BCUT2D eigenvalue weighted by Gasteiger charge is -2.27. The lowest BCUT2D eigenvalue weighted by molar-refractivity contribution is -0.151. The summed E-state index contributed by atoms with van der Waals surface area (Å²) in [6, 6.07) is 0.0902. The van der Waals surface area contributed by atoms with Gasteiger partial charge in [0.1, 0.15) is 5.92 Å². The summed E-state index contributed by atoms with van der Waals surface area (Å²) in [7, 11) is -3.84. The summed E-state index contributed by atoms with van der Waals surface area (Å²) in [4.78, 5) is 45.8. The third kappa shape index (κ3) is 6.35. The van der Waals surface area contributed by atoms with E-state index in [1.165, 1.54) is 6.92 Å². The van der Waals surface area contributed by atoms with Gasteiger partial charge in [-0.3, -0.25) is 19.2 Å². The van der Waals surface area contributed by atoms with Crippen LogP contribution in [0.4, 0.5) is 0 Å². The number of rotatable bonds is 8. The zero-order chi connectivity index (χ0) is 16.6. The summed E-state index contributed by atoms with van der Waals surface area (Å²) in [5.74, 6) is -4.02. The van der Waals surface area contributed by atoms with Gasteiger partial charge < -0.3 is 13.3 Å². The molecule has 0 aromatic carbocycles. The van der Waals surface area contributed by atoms with Gasteiger partial charge in [0, 0.05) is 13.8 Å². The standard InChI is InChI=1S/C13H20O7Si/c1-6-8-21(18-10(4)14,19-11(5)15)20-13(17)9(3)12(16)7-2/h7,9H,2,6,8H2,1,3-5H3. The van der Waals surface area contributed by atoms with Crippen LogP contribution in [-0.4, -0.2) is 32.5 Å². The van der Waals surface area contributed by atoms with Gasteiger partial charge in [0.15, 0.2) is 5.78 Å². The van der Waals surface area contributed by atoms with E-state index in [2.05, 4.69) is 6.58 Å². The topological polar surface area (TPSA) is 96.0 Å². The molecule has 8 heteroatoms. The first-order chi connectivity index (χ1) is 9.67. The zero-order valence-electron chi connectivity index (χ0n) is 12.6. The highest BCUT2D eigenvalue weighted by Crippen LogP contribution is 2.21. The first-order valence-electron chi connectivity index (χ1n) is 6.45. The molecule has 0 aromatic heterocycles. The lowest BCUT2D eigenvalue weighted by Crippen LogP contribution is -2.50. The second-order valence-corrected chi connectivity index (χ2v) is 6.85. The SMILES string of the molecule is C=CC(=O)C(C)C(=O)O[Si](CCC)(OC(C)=O)OC(C)=O. The van der Waals surface area contributed by atoms with Crippen molar-refractivity contribution >= 4 is 32.5 Å². The van der Waals surface area contributed by atoms with Gasteiger partial charge >= 0.3 is 14.8 Å². The Bertz CT molecular complexity index is 428. The van der Waals surface area contributed by atoms with E-state index in [9.17, 15) is 19.2 Å². The molecule has 0 radical (unpaired) electrons. The minimum atomic E-state index is -3.84. The van der Waals surface area contributed by atoms with Gasteiger partial charge in [0.2, 0.25) is 0 Å². The van der Waals surface area contributed by atoms with Crippen molar-refractivity contribution in [2.45, 2.75) is 40.2 Å². The van der Waals surface area contributed by atoms with Gasteiger partial charge in [-0.25, -0.2) is 0 Å². The maximum Gasteiger partial charge on any atom is 0.705 e. The molecule has 0 aliphatic carbocycles. The number of hydrogen-bond donors (Lipinski definition) is 0. The maximum absolute atomic E-state index is 12.0. The highest BCUT2D eigenvalue weighted by molar-refractivity contribution is 6.65. The highest BCUT2D eigenvalue weighted by Gasteiger charge is 2.52. The van der Waals surface area contributed by atoms with E-state index in [0.29, 0.717) is 6.42 Å². The predicted octanol–water partition coefficient (Wildman–Crippen LogP) is 1.40. The van der Waals surface area contributed by atoms with Crippen molar-refractivity contribution in [2.24, 2.45) is 5.92 Å². The van der Waals surface area contributed by atoms with Crippen molar-refractivity contribution in [2.75, 3.05) is 0 Å². The zero-order valence-corrected chi connectivity index (χ0v) is 13.6. The van der Waals surface area contributed by atoms with Crippen molar-refractivity contribution in [1.82, 2.24) is 0 Å². The van der Waals surface area contributed by atoms with Crippen molar-refractivity contribution in [1.29, 1.82) is 0 Å². The Kier molecular flexibility index (Phi) is 7.57. The van der Waals surface area contributed by atoms with Crippen LogP contribution in [0.25, 0.3) is 0 Å². The minimum absolute atomic E-state index is 0.0902. The summed E-state index contributed by atoms with van der Waals surface area (Å²) in [5, 5.41) is 0. The molecule has 1 unspecified atom stereocenters. The van der Waals surface area contributed by atoms with Crippen LogP contribution in [-0.2, 0) is 32.5 Å². The van der Waals surface area contributed by atoms with Crippen LogP contribution >= 0.6 is 0 Å². The van der Waals surface area contributed by atoms with E-state index in [-0.39, 0.29) is 6.04 Å². The smallest absolute Gasteiger partial charge is 0.455 e. The van der Waals surface area contributed by atoms with Crippen molar-refractivity contribution < 1.29 is 32.5 Å². The summed E-state index contributed by atoms with van der Waals surface area (Å²) < 4.78 is 15.1. The van der Waals surface area contributed by atoms with Gasteiger partial charge in [-0.05, 0) is 19.4 Å². The summed E-state index contributed by atoms with van der Waals surface area (Å²) in [6.45, 7) is 8.60. The fourth-order valence-electron chi connectivity index (χ4n) is 1.49. The van der Waals surface area contributed by atoms with Crippen LogP contribution in [0.15, 0.2) is 12.7 Å². The van der Waals surface area contributed by atoms with Crippen LogP contribution in [0, 0.1) is 5.92 Å². The van der Waals surface area contributed by atoms with E-state index in [4.69, 9.17) is 13.3 Å². The summed E-state index contributed by atoms with van der Waals surface area (Å²) >= 11 is 0. The molecule has 0 aliphatic rings. The predicted molar refractivity (Wildman–Crippen MR) is 74.8 cm³/mol. The van der Waals surface area contributed by atoms with Crippen LogP contribution in [0.2, 0.25) is 6.04 Å². The lowest BCUT2D eigenvalue weighted by atomic mass is 10.1. The fourth-order valence-corrected chi connectivity index (χ4v) is 3.90. The molecule has 21 heavy (non-hydrogen) atoms. The van der Waals surface area contributed by atoms with Crippen LogP contribution in [0.1, 0.15) is 34.1 Å². The molecule has 0 saturated carbocycles. The Morgan fingerprint density at radius 2 is 1.57 bits per heavy atom. The van der Waals surface area contributed by atoms with Crippen molar-refractivity contribution in [3.05, 3.63) is 12.7 Å². The third-order valence-corrected chi connectivity index (χ3v) is 5.21. The largest absolute Gasteiger partial charge is 0.705 e. The van der Waals surface area contributed by atoms with E-state index >= 15 is 0 Å². The molecule has 0 saturated heterocycles. The summed E-state index contributed by atoms with van der Waals surface area (Å²) in [6.07, 6.45) is 1.45. The molecule has 0 N–H and O–H groups in total. The van der Waals surface area contributed by atoms with E-state index in [1.54, 1.807) is 6.92 Å². The van der Waals surface area contributed by atoms with Crippen LogP contribution in [0.5, 0.6) is 0 Å². The number of carbonyl (C=O) groups excluding carboxylic acids is 4. The first-order valence-corrected chi connectivity index (χ1v) is 8.39. The van der Waals surface area contributed by atoms with Gasteiger partial charge in [0.05, 0.1) is 6.04 Å². The Morgan fingerprint density at radius 3 is 1.90 bits per heavy atom. The maximum atomic E-state index is 12.0. The average Bonchev–Trinajstić information content (AvgIpc) is 2.35. The Hall–Kier alpha value is -1.96. The average molecular weight is 316 g/mol. The molecule has 0 fully saturated rings. The molecule has 0 amide bonds. The molecule has 0 rings (SSSR count). The molecule has 0 aromatic rings. The van der Waals surface area contributed by atoms with Gasteiger partial charge in [-0.15, -0.1) is 0 Å². The Morgan fingerprint density at radius 1 is 1.10 bits per heavy atom. The third-order valence-electron chi connectivity index (χ3n) is 2.39. The molecule has 0 aliphatic heterocycles. The molecular formula is C13H20O7Si. The second-order valence-electron chi connectivity index (χ2n) is 4.37. The minimum Gasteiger partial charge on any atom is -0.455 e.